The summed E-state index contributed by atoms with van der Waals surface area (Å²) in [6, 6.07) is 5.78. The summed E-state index contributed by atoms with van der Waals surface area (Å²) < 4.78 is 43.1. The highest BCUT2D eigenvalue weighted by Crippen LogP contribution is 2.24. The lowest BCUT2D eigenvalue weighted by molar-refractivity contribution is -0.120. The van der Waals surface area contributed by atoms with Crippen LogP contribution in [0.5, 0.6) is 0 Å². The predicted octanol–water partition coefficient (Wildman–Crippen LogP) is 2.73. The number of hydrogen-bond acceptors (Lipinski definition) is 6. The third-order valence-corrected chi connectivity index (χ3v) is 7.04. The molecule has 1 aliphatic heterocycles. The van der Waals surface area contributed by atoms with E-state index in [2.05, 4.69) is 14.7 Å². The van der Waals surface area contributed by atoms with Crippen molar-refractivity contribution in [2.45, 2.75) is 26.2 Å². The van der Waals surface area contributed by atoms with E-state index >= 15 is 0 Å². The zero-order valence-corrected chi connectivity index (χ0v) is 16.5. The molecule has 27 heavy (non-hydrogen) atoms. The van der Waals surface area contributed by atoms with E-state index in [1.165, 1.54) is 16.4 Å². The molecule has 2 heterocycles. The number of sulfonamides is 1. The molecule has 1 saturated heterocycles. The summed E-state index contributed by atoms with van der Waals surface area (Å²) in [5, 5.41) is 3.07. The van der Waals surface area contributed by atoms with Gasteiger partial charge in [0.2, 0.25) is 21.1 Å². The quantitative estimate of drug-likeness (QED) is 0.788. The molecule has 1 atom stereocenters. The maximum atomic E-state index is 13.0. The molecule has 1 fully saturated rings. The number of amides is 1. The standard InChI is InChI=1S/C17H21FN4O3S2/c1-2-10-27(24,25)22-9-3-4-13(11-22)16(23)20-17-19-15(21-26-17)12-5-7-14(18)8-6-12/h5-8,13H,2-4,9-11H2,1H3,(H,19,20,21,23). The number of carbonyl (C=O) groups excluding carboxylic acids is 1. The van der Waals surface area contributed by atoms with E-state index in [4.69, 9.17) is 0 Å². The van der Waals surface area contributed by atoms with E-state index in [-0.39, 0.29) is 24.0 Å². The molecule has 7 nitrogen and oxygen atoms in total. The first-order valence-corrected chi connectivity index (χ1v) is 11.2. The van der Waals surface area contributed by atoms with Gasteiger partial charge in [-0.3, -0.25) is 4.79 Å². The van der Waals surface area contributed by atoms with Crippen LogP contribution >= 0.6 is 11.5 Å². The van der Waals surface area contributed by atoms with Gasteiger partial charge in [-0.1, -0.05) is 6.92 Å². The minimum absolute atomic E-state index is 0.0960. The number of piperidine rings is 1. The zero-order valence-electron chi connectivity index (χ0n) is 14.9. The van der Waals surface area contributed by atoms with Crippen molar-refractivity contribution in [3.63, 3.8) is 0 Å². The molecule has 1 aromatic heterocycles. The van der Waals surface area contributed by atoms with E-state index in [1.54, 1.807) is 12.1 Å². The molecule has 1 aliphatic rings. The van der Waals surface area contributed by atoms with Gasteiger partial charge in [-0.15, -0.1) is 0 Å². The lowest BCUT2D eigenvalue weighted by atomic mass is 9.99. The number of halogens is 1. The lowest BCUT2D eigenvalue weighted by Crippen LogP contribution is -2.44. The van der Waals surface area contributed by atoms with Gasteiger partial charge in [-0.2, -0.15) is 9.36 Å². The SMILES string of the molecule is CCCS(=O)(=O)N1CCCC(C(=O)Nc2nc(-c3ccc(F)cc3)ns2)C1. The highest BCUT2D eigenvalue weighted by molar-refractivity contribution is 7.89. The summed E-state index contributed by atoms with van der Waals surface area (Å²) in [5.41, 5.74) is 0.655. The number of hydrogen-bond donors (Lipinski definition) is 1. The van der Waals surface area contributed by atoms with E-state index < -0.39 is 15.9 Å². The van der Waals surface area contributed by atoms with Gasteiger partial charge in [0.1, 0.15) is 5.82 Å². The summed E-state index contributed by atoms with van der Waals surface area (Å²) in [6.45, 7) is 2.47. The smallest absolute Gasteiger partial charge is 0.230 e. The number of anilines is 1. The van der Waals surface area contributed by atoms with E-state index in [9.17, 15) is 17.6 Å². The van der Waals surface area contributed by atoms with Gasteiger partial charge in [-0.25, -0.2) is 17.1 Å². The Morgan fingerprint density at radius 1 is 1.37 bits per heavy atom. The summed E-state index contributed by atoms with van der Waals surface area (Å²) in [6.07, 6.45) is 1.83. The summed E-state index contributed by atoms with van der Waals surface area (Å²) in [4.78, 5) is 16.8. The fourth-order valence-corrected chi connectivity index (χ4v) is 5.18. The number of benzene rings is 1. The average molecular weight is 413 g/mol. The van der Waals surface area contributed by atoms with Crippen LogP contribution in [0.2, 0.25) is 0 Å². The zero-order chi connectivity index (χ0) is 19.4. The molecule has 0 bridgehead atoms. The second kappa shape index (κ2) is 8.41. The van der Waals surface area contributed by atoms with Crippen molar-refractivity contribution in [1.29, 1.82) is 0 Å². The molecule has 1 amide bonds. The van der Waals surface area contributed by atoms with Crippen LogP contribution in [-0.2, 0) is 14.8 Å². The Labute approximate surface area is 161 Å². The summed E-state index contributed by atoms with van der Waals surface area (Å²) >= 11 is 1.04. The summed E-state index contributed by atoms with van der Waals surface area (Å²) in [5.74, 6) is -0.510. The van der Waals surface area contributed by atoms with Crippen molar-refractivity contribution in [1.82, 2.24) is 13.7 Å². The molecule has 146 valence electrons. The van der Waals surface area contributed by atoms with Gasteiger partial charge in [0.15, 0.2) is 5.82 Å². The predicted molar refractivity (Wildman–Crippen MR) is 102 cm³/mol. The van der Waals surface area contributed by atoms with Crippen LogP contribution in [0, 0.1) is 11.7 Å². The monoisotopic (exact) mass is 412 g/mol. The van der Waals surface area contributed by atoms with Crippen LogP contribution in [0.15, 0.2) is 24.3 Å². The Hall–Kier alpha value is -1.91. The molecule has 0 aliphatic carbocycles. The molecule has 10 heteroatoms. The van der Waals surface area contributed by atoms with E-state index in [1.807, 2.05) is 6.92 Å². The van der Waals surface area contributed by atoms with E-state index in [0.29, 0.717) is 42.3 Å². The molecule has 0 saturated carbocycles. The van der Waals surface area contributed by atoms with Crippen molar-refractivity contribution in [3.05, 3.63) is 30.1 Å². The number of carbonyl (C=O) groups is 1. The molecule has 1 unspecified atom stereocenters. The molecule has 1 N–H and O–H groups in total. The molecule has 2 aromatic rings. The van der Waals surface area contributed by atoms with Crippen LogP contribution in [-0.4, -0.2) is 46.8 Å². The second-order valence-corrected chi connectivity index (χ2v) is 9.27. The first-order chi connectivity index (χ1) is 12.9. The third kappa shape index (κ3) is 4.88. The maximum absolute atomic E-state index is 13.0. The largest absolute Gasteiger partial charge is 0.300 e. The Balaban J connectivity index is 1.64. The Bertz CT molecular complexity index is 899. The van der Waals surface area contributed by atoms with Crippen molar-refractivity contribution < 1.29 is 17.6 Å². The first-order valence-electron chi connectivity index (χ1n) is 8.77. The summed E-state index contributed by atoms with van der Waals surface area (Å²) in [7, 11) is -3.31. The normalized spacial score (nSPS) is 18.4. The van der Waals surface area contributed by atoms with Crippen LogP contribution in [0.25, 0.3) is 11.4 Å². The topological polar surface area (TPSA) is 92.3 Å². The fourth-order valence-electron chi connectivity index (χ4n) is 2.99. The molecular weight excluding hydrogens is 391 g/mol. The van der Waals surface area contributed by atoms with Crippen molar-refractivity contribution in [2.24, 2.45) is 5.92 Å². The third-order valence-electron chi connectivity index (χ3n) is 4.37. The van der Waals surface area contributed by atoms with Gasteiger partial charge in [-0.05, 0) is 43.5 Å². The lowest BCUT2D eigenvalue weighted by Gasteiger charge is -2.30. The Morgan fingerprint density at radius 2 is 2.11 bits per heavy atom. The molecule has 3 rings (SSSR count). The van der Waals surface area contributed by atoms with Crippen molar-refractivity contribution >= 4 is 32.6 Å². The average Bonchev–Trinajstić information content (AvgIpc) is 3.11. The van der Waals surface area contributed by atoms with Crippen LogP contribution in [0.4, 0.5) is 9.52 Å². The van der Waals surface area contributed by atoms with Gasteiger partial charge in [0.05, 0.1) is 11.7 Å². The van der Waals surface area contributed by atoms with Crippen LogP contribution < -0.4 is 5.32 Å². The minimum atomic E-state index is -3.31. The highest BCUT2D eigenvalue weighted by Gasteiger charge is 2.32. The molecule has 0 radical (unpaired) electrons. The number of rotatable bonds is 6. The highest BCUT2D eigenvalue weighted by atomic mass is 32.2. The number of aromatic nitrogens is 2. The second-order valence-electron chi connectivity index (χ2n) is 6.43. The van der Waals surface area contributed by atoms with Gasteiger partial charge < -0.3 is 5.32 Å². The van der Waals surface area contributed by atoms with Gasteiger partial charge in [0.25, 0.3) is 0 Å². The molecule has 0 spiro atoms. The Kier molecular flexibility index (Phi) is 6.18. The van der Waals surface area contributed by atoms with Gasteiger partial charge >= 0.3 is 0 Å². The first kappa shape index (κ1) is 19.8. The number of nitrogens with zero attached hydrogens (tertiary/aromatic N) is 3. The van der Waals surface area contributed by atoms with Gasteiger partial charge in [0, 0.05) is 30.2 Å². The van der Waals surface area contributed by atoms with E-state index in [0.717, 1.165) is 11.5 Å². The van der Waals surface area contributed by atoms with Crippen LogP contribution in [0.1, 0.15) is 26.2 Å². The van der Waals surface area contributed by atoms with Crippen molar-refractivity contribution in [2.75, 3.05) is 24.2 Å². The number of nitrogens with one attached hydrogen (secondary N) is 1. The minimum Gasteiger partial charge on any atom is -0.300 e. The maximum Gasteiger partial charge on any atom is 0.230 e. The van der Waals surface area contributed by atoms with Crippen LogP contribution in [0.3, 0.4) is 0 Å². The van der Waals surface area contributed by atoms with Crippen molar-refractivity contribution in [3.8, 4) is 11.4 Å². The molecule has 1 aromatic carbocycles. The molecular formula is C17H21FN4O3S2. The fraction of sp³-hybridized carbons (Fsp3) is 0.471. The Morgan fingerprint density at radius 3 is 2.81 bits per heavy atom.